The van der Waals surface area contributed by atoms with Crippen LogP contribution < -0.4 is 5.32 Å². The first-order valence-electron chi connectivity index (χ1n) is 6.49. The number of carbonyl (C=O) groups is 1. The first-order chi connectivity index (χ1) is 10.1. The molecule has 0 amide bonds. The lowest BCUT2D eigenvalue weighted by Gasteiger charge is -2.26. The SMILES string of the molecule is O=C(O)c1cc([N+](=O)[O-])cnc1NCCN1CCSCC1. The Morgan fingerprint density at radius 3 is 2.86 bits per heavy atom. The number of carboxylic acids is 1. The summed E-state index contributed by atoms with van der Waals surface area (Å²) in [5.41, 5.74) is -0.510. The van der Waals surface area contributed by atoms with Crippen LogP contribution in [0.1, 0.15) is 10.4 Å². The molecule has 1 fully saturated rings. The quantitative estimate of drug-likeness (QED) is 0.595. The smallest absolute Gasteiger partial charge is 0.339 e. The van der Waals surface area contributed by atoms with E-state index in [1.165, 1.54) is 0 Å². The van der Waals surface area contributed by atoms with Gasteiger partial charge in [-0.05, 0) is 0 Å². The Labute approximate surface area is 125 Å². The van der Waals surface area contributed by atoms with E-state index in [-0.39, 0.29) is 17.1 Å². The third-order valence-corrected chi connectivity index (χ3v) is 4.08. The van der Waals surface area contributed by atoms with E-state index in [9.17, 15) is 14.9 Å². The first-order valence-corrected chi connectivity index (χ1v) is 7.65. The van der Waals surface area contributed by atoms with E-state index in [1.807, 2.05) is 11.8 Å². The Morgan fingerprint density at radius 2 is 2.24 bits per heavy atom. The molecule has 2 N–H and O–H groups in total. The average Bonchev–Trinajstić information content (AvgIpc) is 2.48. The van der Waals surface area contributed by atoms with Crippen molar-refractivity contribution in [2.24, 2.45) is 0 Å². The molecule has 1 aliphatic heterocycles. The molecule has 0 radical (unpaired) electrons. The summed E-state index contributed by atoms with van der Waals surface area (Å²) in [5.74, 6) is 1.15. The van der Waals surface area contributed by atoms with Crippen molar-refractivity contribution in [3.8, 4) is 0 Å². The molecule has 0 aliphatic carbocycles. The Balaban J connectivity index is 1.98. The molecule has 0 saturated carbocycles. The largest absolute Gasteiger partial charge is 0.478 e. The zero-order valence-corrected chi connectivity index (χ0v) is 12.1. The van der Waals surface area contributed by atoms with Crippen LogP contribution >= 0.6 is 11.8 Å². The third-order valence-electron chi connectivity index (χ3n) is 3.14. The number of pyridine rings is 1. The minimum atomic E-state index is -1.23. The second-order valence-electron chi connectivity index (χ2n) is 4.53. The molecule has 114 valence electrons. The summed E-state index contributed by atoms with van der Waals surface area (Å²) >= 11 is 1.92. The van der Waals surface area contributed by atoms with Crippen LogP contribution in [0.5, 0.6) is 0 Å². The highest BCUT2D eigenvalue weighted by atomic mass is 32.2. The van der Waals surface area contributed by atoms with Crippen LogP contribution in [0.3, 0.4) is 0 Å². The monoisotopic (exact) mass is 312 g/mol. The standard InChI is InChI=1S/C12H16N4O4S/c17-12(18)10-7-9(16(19)20)8-14-11(10)13-1-2-15-3-5-21-6-4-15/h7-8H,1-6H2,(H,13,14)(H,17,18). The molecule has 1 aromatic heterocycles. The highest BCUT2D eigenvalue weighted by Gasteiger charge is 2.17. The van der Waals surface area contributed by atoms with Gasteiger partial charge in [0.25, 0.3) is 5.69 Å². The van der Waals surface area contributed by atoms with Crippen LogP contribution in [0.4, 0.5) is 11.5 Å². The second kappa shape index (κ2) is 7.23. The molecule has 1 saturated heterocycles. The van der Waals surface area contributed by atoms with E-state index in [1.54, 1.807) is 0 Å². The molecule has 0 atom stereocenters. The van der Waals surface area contributed by atoms with Crippen LogP contribution in [-0.2, 0) is 0 Å². The summed E-state index contributed by atoms with van der Waals surface area (Å²) in [4.78, 5) is 27.3. The lowest BCUT2D eigenvalue weighted by Crippen LogP contribution is -2.36. The molecular formula is C12H16N4O4S. The molecule has 9 heteroatoms. The highest BCUT2D eigenvalue weighted by Crippen LogP contribution is 2.19. The number of hydrogen-bond donors (Lipinski definition) is 2. The zero-order valence-electron chi connectivity index (χ0n) is 11.3. The predicted octanol–water partition coefficient (Wildman–Crippen LogP) is 1.15. The Bertz CT molecular complexity index is 534. The maximum atomic E-state index is 11.1. The number of aromatic carboxylic acids is 1. The summed E-state index contributed by atoms with van der Waals surface area (Å²) in [5, 5.41) is 22.7. The predicted molar refractivity (Wildman–Crippen MR) is 80.1 cm³/mol. The van der Waals surface area contributed by atoms with E-state index in [2.05, 4.69) is 15.2 Å². The fourth-order valence-corrected chi connectivity index (χ4v) is 2.99. The third kappa shape index (κ3) is 4.30. The van der Waals surface area contributed by atoms with Crippen molar-refractivity contribution < 1.29 is 14.8 Å². The first kappa shape index (κ1) is 15.5. The van der Waals surface area contributed by atoms with Gasteiger partial charge in [0, 0.05) is 43.8 Å². The normalized spacial score (nSPS) is 15.6. The number of anilines is 1. The van der Waals surface area contributed by atoms with E-state index >= 15 is 0 Å². The Hall–Kier alpha value is -1.87. The number of aromatic nitrogens is 1. The number of carboxylic acid groups (broad SMARTS) is 1. The lowest BCUT2D eigenvalue weighted by atomic mass is 10.2. The summed E-state index contributed by atoms with van der Waals surface area (Å²) < 4.78 is 0. The summed E-state index contributed by atoms with van der Waals surface area (Å²) in [6.07, 6.45) is 1.06. The number of nitrogens with zero attached hydrogens (tertiary/aromatic N) is 3. The zero-order chi connectivity index (χ0) is 15.2. The van der Waals surface area contributed by atoms with Crippen molar-refractivity contribution in [3.63, 3.8) is 0 Å². The van der Waals surface area contributed by atoms with Gasteiger partial charge in [-0.2, -0.15) is 11.8 Å². The van der Waals surface area contributed by atoms with Crippen molar-refractivity contribution >= 4 is 29.2 Å². The lowest BCUT2D eigenvalue weighted by molar-refractivity contribution is -0.385. The van der Waals surface area contributed by atoms with Crippen LogP contribution in [0.15, 0.2) is 12.3 Å². The number of thioether (sulfide) groups is 1. The molecule has 21 heavy (non-hydrogen) atoms. The minimum absolute atomic E-state index is 0.166. The van der Waals surface area contributed by atoms with Gasteiger partial charge in [0.1, 0.15) is 17.6 Å². The van der Waals surface area contributed by atoms with E-state index in [0.29, 0.717) is 6.54 Å². The summed E-state index contributed by atoms with van der Waals surface area (Å²) in [7, 11) is 0. The van der Waals surface area contributed by atoms with Gasteiger partial charge in [-0.3, -0.25) is 15.0 Å². The topological polar surface area (TPSA) is 109 Å². The van der Waals surface area contributed by atoms with Crippen molar-refractivity contribution in [1.29, 1.82) is 0 Å². The maximum absolute atomic E-state index is 11.1. The fraction of sp³-hybridized carbons (Fsp3) is 0.500. The van der Waals surface area contributed by atoms with E-state index in [4.69, 9.17) is 5.11 Å². The van der Waals surface area contributed by atoms with Crippen LogP contribution in [-0.4, -0.2) is 63.6 Å². The van der Waals surface area contributed by atoms with E-state index in [0.717, 1.165) is 43.4 Å². The number of hydrogen-bond acceptors (Lipinski definition) is 7. The van der Waals surface area contributed by atoms with Crippen molar-refractivity contribution in [3.05, 3.63) is 27.9 Å². The summed E-state index contributed by atoms with van der Waals surface area (Å²) in [6.45, 7) is 3.38. The molecule has 8 nitrogen and oxygen atoms in total. The van der Waals surface area contributed by atoms with Gasteiger partial charge >= 0.3 is 5.97 Å². The van der Waals surface area contributed by atoms with Crippen LogP contribution in [0, 0.1) is 10.1 Å². The minimum Gasteiger partial charge on any atom is -0.478 e. The van der Waals surface area contributed by atoms with Gasteiger partial charge < -0.3 is 10.4 Å². The Morgan fingerprint density at radius 1 is 1.52 bits per heavy atom. The molecular weight excluding hydrogens is 296 g/mol. The van der Waals surface area contributed by atoms with Crippen molar-refractivity contribution in [2.45, 2.75) is 0 Å². The van der Waals surface area contributed by atoms with Gasteiger partial charge in [0.05, 0.1) is 4.92 Å². The van der Waals surface area contributed by atoms with Gasteiger partial charge in [-0.15, -0.1) is 0 Å². The van der Waals surface area contributed by atoms with Crippen molar-refractivity contribution in [2.75, 3.05) is 43.0 Å². The molecule has 0 spiro atoms. The fourth-order valence-electron chi connectivity index (χ4n) is 2.01. The van der Waals surface area contributed by atoms with Gasteiger partial charge in [-0.25, -0.2) is 9.78 Å². The molecule has 2 rings (SSSR count). The van der Waals surface area contributed by atoms with Gasteiger partial charge in [0.15, 0.2) is 0 Å². The van der Waals surface area contributed by atoms with Crippen LogP contribution in [0.2, 0.25) is 0 Å². The average molecular weight is 312 g/mol. The molecule has 1 aliphatic rings. The highest BCUT2D eigenvalue weighted by molar-refractivity contribution is 7.99. The number of rotatable bonds is 6. The Kier molecular flexibility index (Phi) is 5.34. The number of nitro groups is 1. The maximum Gasteiger partial charge on any atom is 0.339 e. The van der Waals surface area contributed by atoms with Gasteiger partial charge in [-0.1, -0.05) is 0 Å². The molecule has 1 aromatic rings. The van der Waals surface area contributed by atoms with Gasteiger partial charge in [0.2, 0.25) is 0 Å². The molecule has 0 aromatic carbocycles. The van der Waals surface area contributed by atoms with Crippen molar-refractivity contribution in [1.82, 2.24) is 9.88 Å². The number of nitrogens with one attached hydrogen (secondary N) is 1. The van der Waals surface area contributed by atoms with Crippen LogP contribution in [0.25, 0.3) is 0 Å². The molecule has 0 unspecified atom stereocenters. The molecule has 0 bridgehead atoms. The van der Waals surface area contributed by atoms with E-state index < -0.39 is 10.9 Å². The summed E-state index contributed by atoms with van der Waals surface area (Å²) in [6, 6.07) is 1.02. The molecule has 2 heterocycles. The second-order valence-corrected chi connectivity index (χ2v) is 5.76.